The monoisotopic (exact) mass is 370 g/mol. The number of methoxy groups -OCH3 is 1. The Morgan fingerprint density at radius 1 is 1.19 bits per heavy atom. The van der Waals surface area contributed by atoms with Crippen LogP contribution in [0.2, 0.25) is 0 Å². The lowest BCUT2D eigenvalue weighted by molar-refractivity contribution is -0.144. The highest BCUT2D eigenvalue weighted by Crippen LogP contribution is 2.27. The summed E-state index contributed by atoms with van der Waals surface area (Å²) in [6.45, 7) is 0.734. The van der Waals surface area contributed by atoms with Crippen LogP contribution < -0.4 is 9.64 Å². The predicted octanol–water partition coefficient (Wildman–Crippen LogP) is 1.66. The third kappa shape index (κ3) is 4.10. The number of rotatable bonds is 6. The van der Waals surface area contributed by atoms with E-state index in [1.807, 2.05) is 12.1 Å². The number of aliphatic carboxylic acids is 1. The Balaban J connectivity index is 1.78. The molecule has 3 rings (SSSR count). The van der Waals surface area contributed by atoms with Gasteiger partial charge < -0.3 is 19.8 Å². The average Bonchev–Trinajstić information content (AvgIpc) is 2.68. The Kier molecular flexibility index (Phi) is 5.73. The second kappa shape index (κ2) is 8.20. The van der Waals surface area contributed by atoms with E-state index >= 15 is 0 Å². The van der Waals surface area contributed by atoms with Crippen LogP contribution in [0.25, 0.3) is 0 Å². The summed E-state index contributed by atoms with van der Waals surface area (Å²) in [7, 11) is 1.57. The van der Waals surface area contributed by atoms with Gasteiger partial charge in [0.2, 0.25) is 5.91 Å². The van der Waals surface area contributed by atoms with Gasteiger partial charge in [-0.25, -0.2) is 0 Å². The molecule has 0 aromatic heterocycles. The molecule has 1 fully saturated rings. The normalized spacial score (nSPS) is 16.2. The van der Waals surface area contributed by atoms with Crippen molar-refractivity contribution in [3.05, 3.63) is 59.7 Å². The zero-order valence-electron chi connectivity index (χ0n) is 15.0. The molecule has 2 aromatic carbocycles. The summed E-state index contributed by atoms with van der Waals surface area (Å²) >= 11 is 0. The number of carbonyl (C=O) groups excluding carboxylic acids is 1. The second-order valence-corrected chi connectivity index (χ2v) is 6.36. The van der Waals surface area contributed by atoms with Crippen LogP contribution in [0.15, 0.2) is 48.5 Å². The summed E-state index contributed by atoms with van der Waals surface area (Å²) in [6.07, 6.45) is 0. The molecule has 0 aliphatic carbocycles. The second-order valence-electron chi connectivity index (χ2n) is 6.36. The van der Waals surface area contributed by atoms with Gasteiger partial charge in [0.25, 0.3) is 0 Å². The minimum Gasteiger partial charge on any atom is -0.497 e. The lowest BCUT2D eigenvalue weighted by Gasteiger charge is -2.37. The van der Waals surface area contributed by atoms with Crippen molar-refractivity contribution in [3.8, 4) is 5.75 Å². The number of benzene rings is 2. The number of carbonyl (C=O) groups is 2. The Morgan fingerprint density at radius 2 is 1.93 bits per heavy atom. The fourth-order valence-corrected chi connectivity index (χ4v) is 3.28. The summed E-state index contributed by atoms with van der Waals surface area (Å²) in [5.41, 5.74) is 2.03. The third-order valence-corrected chi connectivity index (χ3v) is 4.69. The predicted molar refractivity (Wildman–Crippen MR) is 99.7 cm³/mol. The van der Waals surface area contributed by atoms with Gasteiger partial charge in [0.1, 0.15) is 11.8 Å². The number of hydrogen-bond donors (Lipinski definition) is 2. The Hall–Kier alpha value is -2.90. The maximum Gasteiger partial charge on any atom is 0.325 e. The molecule has 7 heteroatoms. The van der Waals surface area contributed by atoms with Gasteiger partial charge in [0, 0.05) is 24.8 Å². The number of aliphatic hydroxyl groups is 1. The van der Waals surface area contributed by atoms with Gasteiger partial charge >= 0.3 is 5.97 Å². The van der Waals surface area contributed by atoms with Crippen molar-refractivity contribution >= 4 is 17.6 Å². The number of carboxylic acids is 1. The van der Waals surface area contributed by atoms with E-state index in [1.54, 1.807) is 53.3 Å². The van der Waals surface area contributed by atoms with Crippen molar-refractivity contribution in [3.63, 3.8) is 0 Å². The molecule has 7 nitrogen and oxygen atoms in total. The van der Waals surface area contributed by atoms with E-state index in [0.29, 0.717) is 30.0 Å². The summed E-state index contributed by atoms with van der Waals surface area (Å²) in [5.74, 6) is -0.503. The van der Waals surface area contributed by atoms with Crippen LogP contribution in [-0.4, -0.2) is 53.7 Å². The van der Waals surface area contributed by atoms with Crippen LogP contribution in [0.1, 0.15) is 17.2 Å². The first-order valence-corrected chi connectivity index (χ1v) is 8.64. The molecule has 0 saturated carbocycles. The average molecular weight is 370 g/mol. The SMILES string of the molecule is COc1cccc(N2CCN([C@H](C(=O)O)c3ccc(CO)cc3)CC2=O)c1. The topological polar surface area (TPSA) is 90.3 Å². The van der Waals surface area contributed by atoms with E-state index in [9.17, 15) is 14.7 Å². The number of anilines is 1. The first-order valence-electron chi connectivity index (χ1n) is 8.64. The van der Waals surface area contributed by atoms with E-state index in [-0.39, 0.29) is 19.1 Å². The minimum atomic E-state index is -1.01. The van der Waals surface area contributed by atoms with E-state index in [2.05, 4.69) is 0 Å². The van der Waals surface area contributed by atoms with Gasteiger partial charge in [-0.15, -0.1) is 0 Å². The fraction of sp³-hybridized carbons (Fsp3) is 0.300. The van der Waals surface area contributed by atoms with E-state index < -0.39 is 12.0 Å². The number of carboxylic acid groups (broad SMARTS) is 1. The van der Waals surface area contributed by atoms with E-state index in [1.165, 1.54) is 0 Å². The van der Waals surface area contributed by atoms with Crippen molar-refractivity contribution in [1.29, 1.82) is 0 Å². The van der Waals surface area contributed by atoms with Crippen LogP contribution in [0.3, 0.4) is 0 Å². The highest BCUT2D eigenvalue weighted by atomic mass is 16.5. The van der Waals surface area contributed by atoms with Crippen molar-refractivity contribution in [1.82, 2.24) is 4.90 Å². The molecular formula is C20H22N2O5. The van der Waals surface area contributed by atoms with Gasteiger partial charge in [-0.1, -0.05) is 30.3 Å². The van der Waals surface area contributed by atoms with Gasteiger partial charge in [0.15, 0.2) is 0 Å². The molecule has 142 valence electrons. The van der Waals surface area contributed by atoms with Gasteiger partial charge in [-0.3, -0.25) is 14.5 Å². The minimum absolute atomic E-state index is 0.00985. The number of amides is 1. The quantitative estimate of drug-likeness (QED) is 0.804. The first kappa shape index (κ1) is 18.9. The lowest BCUT2D eigenvalue weighted by atomic mass is 10.0. The molecule has 27 heavy (non-hydrogen) atoms. The number of ether oxygens (including phenoxy) is 1. The van der Waals surface area contributed by atoms with E-state index in [4.69, 9.17) is 9.84 Å². The van der Waals surface area contributed by atoms with E-state index in [0.717, 1.165) is 5.69 Å². The molecule has 1 saturated heterocycles. The summed E-state index contributed by atoms with van der Waals surface area (Å²) in [4.78, 5) is 27.9. The zero-order chi connectivity index (χ0) is 19.4. The fourth-order valence-electron chi connectivity index (χ4n) is 3.28. The highest BCUT2D eigenvalue weighted by molar-refractivity contribution is 5.96. The molecule has 1 atom stereocenters. The Morgan fingerprint density at radius 3 is 2.52 bits per heavy atom. The van der Waals surface area contributed by atoms with Crippen molar-refractivity contribution in [2.45, 2.75) is 12.6 Å². The lowest BCUT2D eigenvalue weighted by Crippen LogP contribution is -2.52. The molecule has 1 heterocycles. The largest absolute Gasteiger partial charge is 0.497 e. The van der Waals surface area contributed by atoms with Gasteiger partial charge in [-0.05, 0) is 23.3 Å². The maximum atomic E-state index is 12.7. The number of piperazine rings is 1. The molecule has 1 amide bonds. The van der Waals surface area contributed by atoms with Crippen molar-refractivity contribution < 1.29 is 24.5 Å². The van der Waals surface area contributed by atoms with Gasteiger partial charge in [0.05, 0.1) is 20.3 Å². The standard InChI is InChI=1S/C20H22N2O5/c1-27-17-4-2-3-16(11-17)22-10-9-21(12-18(22)24)19(20(25)26)15-7-5-14(13-23)6-8-15/h2-8,11,19,23H,9-10,12-13H2,1H3,(H,25,26)/t19-/m0/s1. The number of nitrogens with zero attached hydrogens (tertiary/aromatic N) is 2. The highest BCUT2D eigenvalue weighted by Gasteiger charge is 2.34. The molecule has 2 aromatic rings. The zero-order valence-corrected chi connectivity index (χ0v) is 15.0. The van der Waals surface area contributed by atoms with Crippen LogP contribution in [0, 0.1) is 0 Å². The van der Waals surface area contributed by atoms with Crippen molar-refractivity contribution in [2.24, 2.45) is 0 Å². The third-order valence-electron chi connectivity index (χ3n) is 4.69. The molecule has 1 aliphatic rings. The molecule has 0 unspecified atom stereocenters. The van der Waals surface area contributed by atoms with Crippen molar-refractivity contribution in [2.75, 3.05) is 31.6 Å². The molecular weight excluding hydrogens is 348 g/mol. The summed E-state index contributed by atoms with van der Waals surface area (Å²) in [6, 6.07) is 13.1. The molecule has 0 spiro atoms. The summed E-state index contributed by atoms with van der Waals surface area (Å²) < 4.78 is 5.20. The summed E-state index contributed by atoms with van der Waals surface area (Å²) in [5, 5.41) is 18.9. The smallest absolute Gasteiger partial charge is 0.325 e. The Labute approximate surface area is 157 Å². The molecule has 0 radical (unpaired) electrons. The maximum absolute atomic E-state index is 12.7. The van der Waals surface area contributed by atoms with Crippen LogP contribution in [-0.2, 0) is 16.2 Å². The van der Waals surface area contributed by atoms with Gasteiger partial charge in [-0.2, -0.15) is 0 Å². The Bertz CT molecular complexity index is 821. The van der Waals surface area contributed by atoms with Crippen LogP contribution in [0.5, 0.6) is 5.75 Å². The number of aliphatic hydroxyl groups excluding tert-OH is 1. The molecule has 2 N–H and O–H groups in total. The molecule has 0 bridgehead atoms. The number of hydrogen-bond acceptors (Lipinski definition) is 5. The first-order chi connectivity index (χ1) is 13.0. The van der Waals surface area contributed by atoms with Crippen LogP contribution >= 0.6 is 0 Å². The molecule has 1 aliphatic heterocycles. The van der Waals surface area contributed by atoms with Crippen LogP contribution in [0.4, 0.5) is 5.69 Å².